The van der Waals surface area contributed by atoms with E-state index in [1.54, 1.807) is 0 Å². The Hall–Kier alpha value is -0.940. The topological polar surface area (TPSA) is 73.2 Å². The summed E-state index contributed by atoms with van der Waals surface area (Å²) >= 11 is 0.987. The zero-order valence-corrected chi connectivity index (χ0v) is 13.2. The summed E-state index contributed by atoms with van der Waals surface area (Å²) in [5.41, 5.74) is 0. The highest BCUT2D eigenvalue weighted by Crippen LogP contribution is 2.21. The number of hydrogen-bond donors (Lipinski definition) is 1. The van der Waals surface area contributed by atoms with Crippen LogP contribution < -0.4 is 4.72 Å². The molecule has 1 aromatic rings. The minimum atomic E-state index is -3.55. The van der Waals surface area contributed by atoms with Gasteiger partial charge in [-0.3, -0.25) is 0 Å². The Labute approximate surface area is 118 Å². The first-order chi connectivity index (χ1) is 8.76. The molecule has 19 heavy (non-hydrogen) atoms. The van der Waals surface area contributed by atoms with Gasteiger partial charge in [-0.25, -0.2) is 13.1 Å². The second kappa shape index (κ2) is 6.48. The molecule has 0 aliphatic heterocycles. The van der Waals surface area contributed by atoms with Crippen LogP contribution in [0.4, 0.5) is 0 Å². The predicted molar refractivity (Wildman–Crippen MR) is 76.5 cm³/mol. The molecule has 5 nitrogen and oxygen atoms in total. The first-order valence-corrected chi connectivity index (χ1v) is 8.23. The van der Waals surface area contributed by atoms with E-state index in [9.17, 15) is 8.42 Å². The molecule has 1 atom stereocenters. The normalized spacial score (nSPS) is 13.7. The molecule has 7 heteroatoms. The Morgan fingerprint density at radius 2 is 2.05 bits per heavy atom. The maximum Gasteiger partial charge on any atom is 0.250 e. The molecule has 0 saturated heterocycles. The molecular weight excluding hydrogens is 282 g/mol. The zero-order valence-electron chi connectivity index (χ0n) is 11.5. The maximum absolute atomic E-state index is 12.2. The van der Waals surface area contributed by atoms with Crippen molar-refractivity contribution >= 4 is 21.4 Å². The van der Waals surface area contributed by atoms with Crippen LogP contribution in [0.5, 0.6) is 0 Å². The summed E-state index contributed by atoms with van der Waals surface area (Å²) in [7, 11) is 0.262. The smallest absolute Gasteiger partial charge is 0.250 e. The SMILES string of the molecule is CC(C)C(CN(C)C)NS(=O)(=O)c1ccc(C#N)s1. The molecule has 0 spiro atoms. The summed E-state index contributed by atoms with van der Waals surface area (Å²) in [6.45, 7) is 4.59. The van der Waals surface area contributed by atoms with E-state index in [0.29, 0.717) is 11.4 Å². The van der Waals surface area contributed by atoms with Gasteiger partial charge in [0, 0.05) is 12.6 Å². The van der Waals surface area contributed by atoms with E-state index < -0.39 is 10.0 Å². The molecule has 1 rings (SSSR count). The second-order valence-corrected chi connectivity index (χ2v) is 7.99. The molecule has 0 radical (unpaired) electrons. The van der Waals surface area contributed by atoms with Crippen LogP contribution in [0.3, 0.4) is 0 Å². The van der Waals surface area contributed by atoms with Crippen LogP contribution in [0, 0.1) is 17.2 Å². The van der Waals surface area contributed by atoms with Crippen molar-refractivity contribution in [2.45, 2.75) is 24.1 Å². The highest BCUT2D eigenvalue weighted by atomic mass is 32.2. The summed E-state index contributed by atoms with van der Waals surface area (Å²) in [6.07, 6.45) is 0. The van der Waals surface area contributed by atoms with Gasteiger partial charge in [-0.05, 0) is 32.1 Å². The number of nitrogens with one attached hydrogen (secondary N) is 1. The quantitative estimate of drug-likeness (QED) is 0.864. The molecule has 0 aromatic carbocycles. The van der Waals surface area contributed by atoms with Crippen LogP contribution in [0.25, 0.3) is 0 Å². The van der Waals surface area contributed by atoms with Gasteiger partial charge >= 0.3 is 0 Å². The van der Waals surface area contributed by atoms with Crippen molar-refractivity contribution in [3.05, 3.63) is 17.0 Å². The molecule has 106 valence electrons. The third-order valence-electron chi connectivity index (χ3n) is 2.63. The van der Waals surface area contributed by atoms with E-state index in [1.165, 1.54) is 12.1 Å². The standard InChI is InChI=1S/C12H19N3O2S2/c1-9(2)11(8-15(3)4)14-19(16,17)12-6-5-10(7-13)18-12/h5-6,9,11,14H,8H2,1-4H3. The van der Waals surface area contributed by atoms with Crippen molar-refractivity contribution in [3.63, 3.8) is 0 Å². The van der Waals surface area contributed by atoms with Crippen molar-refractivity contribution in [1.82, 2.24) is 9.62 Å². The van der Waals surface area contributed by atoms with Gasteiger partial charge in [0.15, 0.2) is 0 Å². The molecule has 1 N–H and O–H groups in total. The Morgan fingerprint density at radius 3 is 2.47 bits per heavy atom. The first kappa shape index (κ1) is 16.1. The lowest BCUT2D eigenvalue weighted by atomic mass is 10.1. The minimum Gasteiger partial charge on any atom is -0.308 e. The molecule has 1 unspecified atom stereocenters. The van der Waals surface area contributed by atoms with E-state index in [0.717, 1.165) is 11.3 Å². The Bertz CT molecular complexity index is 556. The molecule has 0 bridgehead atoms. The number of nitrogens with zero attached hydrogens (tertiary/aromatic N) is 2. The Balaban J connectivity index is 2.91. The fourth-order valence-electron chi connectivity index (χ4n) is 1.56. The van der Waals surface area contributed by atoms with Crippen molar-refractivity contribution in [2.75, 3.05) is 20.6 Å². The highest BCUT2D eigenvalue weighted by molar-refractivity contribution is 7.91. The number of sulfonamides is 1. The van der Waals surface area contributed by atoms with Crippen molar-refractivity contribution in [3.8, 4) is 6.07 Å². The summed E-state index contributed by atoms with van der Waals surface area (Å²) in [5.74, 6) is 0.188. The monoisotopic (exact) mass is 301 g/mol. The van der Waals surface area contributed by atoms with Gasteiger partial charge in [-0.1, -0.05) is 13.8 Å². The van der Waals surface area contributed by atoms with Gasteiger partial charge < -0.3 is 4.90 Å². The van der Waals surface area contributed by atoms with Gasteiger partial charge in [0.1, 0.15) is 15.2 Å². The van der Waals surface area contributed by atoms with E-state index in [1.807, 2.05) is 38.9 Å². The number of rotatable bonds is 6. The number of nitriles is 1. The zero-order chi connectivity index (χ0) is 14.6. The van der Waals surface area contributed by atoms with Gasteiger partial charge in [0.25, 0.3) is 0 Å². The summed E-state index contributed by atoms with van der Waals surface area (Å²) < 4.78 is 27.4. The summed E-state index contributed by atoms with van der Waals surface area (Å²) in [5, 5.41) is 8.74. The second-order valence-electron chi connectivity index (χ2n) is 4.96. The van der Waals surface area contributed by atoms with Crippen LogP contribution in [0.2, 0.25) is 0 Å². The van der Waals surface area contributed by atoms with E-state index in [2.05, 4.69) is 4.72 Å². The van der Waals surface area contributed by atoms with Gasteiger partial charge in [-0.15, -0.1) is 11.3 Å². The Morgan fingerprint density at radius 1 is 1.42 bits per heavy atom. The number of thiophene rings is 1. The van der Waals surface area contributed by atoms with Crippen molar-refractivity contribution < 1.29 is 8.42 Å². The average molecular weight is 301 g/mol. The molecule has 1 aromatic heterocycles. The highest BCUT2D eigenvalue weighted by Gasteiger charge is 2.24. The Kier molecular flexibility index (Phi) is 5.50. The van der Waals surface area contributed by atoms with Crippen molar-refractivity contribution in [1.29, 1.82) is 5.26 Å². The van der Waals surface area contributed by atoms with Gasteiger partial charge in [0.2, 0.25) is 10.0 Å². The van der Waals surface area contributed by atoms with Crippen molar-refractivity contribution in [2.24, 2.45) is 5.92 Å². The van der Waals surface area contributed by atoms with E-state index in [-0.39, 0.29) is 16.2 Å². The maximum atomic E-state index is 12.2. The molecular formula is C12H19N3O2S2. The predicted octanol–water partition coefficient (Wildman–Crippen LogP) is 1.48. The molecule has 0 aliphatic rings. The number of hydrogen-bond acceptors (Lipinski definition) is 5. The van der Waals surface area contributed by atoms with Gasteiger partial charge in [-0.2, -0.15) is 5.26 Å². The molecule has 0 saturated carbocycles. The fourth-order valence-corrected chi connectivity index (χ4v) is 4.06. The summed E-state index contributed by atoms with van der Waals surface area (Å²) in [4.78, 5) is 2.34. The third kappa shape index (κ3) is 4.58. The first-order valence-electron chi connectivity index (χ1n) is 5.93. The lowest BCUT2D eigenvalue weighted by molar-refractivity contribution is 0.314. The minimum absolute atomic E-state index is 0.160. The lowest BCUT2D eigenvalue weighted by Gasteiger charge is -2.25. The largest absolute Gasteiger partial charge is 0.308 e. The van der Waals surface area contributed by atoms with Crippen LogP contribution >= 0.6 is 11.3 Å². The van der Waals surface area contributed by atoms with Crippen LogP contribution in [0.1, 0.15) is 18.7 Å². The molecule has 0 amide bonds. The molecule has 0 aliphatic carbocycles. The molecule has 1 heterocycles. The third-order valence-corrected chi connectivity index (χ3v) is 5.60. The van der Waals surface area contributed by atoms with Crippen LogP contribution in [-0.4, -0.2) is 40.0 Å². The summed E-state index contributed by atoms with van der Waals surface area (Å²) in [6, 6.07) is 4.78. The molecule has 0 fully saturated rings. The van der Waals surface area contributed by atoms with Crippen LogP contribution in [-0.2, 0) is 10.0 Å². The lowest BCUT2D eigenvalue weighted by Crippen LogP contribution is -2.44. The fraction of sp³-hybridized carbons (Fsp3) is 0.583. The van der Waals surface area contributed by atoms with Gasteiger partial charge in [0.05, 0.1) is 0 Å². The van der Waals surface area contributed by atoms with E-state index >= 15 is 0 Å². The number of likely N-dealkylation sites (N-methyl/N-ethyl adjacent to an activating group) is 1. The van der Waals surface area contributed by atoms with Crippen LogP contribution in [0.15, 0.2) is 16.3 Å². The van der Waals surface area contributed by atoms with E-state index in [4.69, 9.17) is 5.26 Å². The average Bonchev–Trinajstić information content (AvgIpc) is 2.76.